The van der Waals surface area contributed by atoms with Gasteiger partial charge in [0.05, 0.1) is 10.6 Å². The molecule has 1 amide bonds. The first kappa shape index (κ1) is 14.3. The van der Waals surface area contributed by atoms with Gasteiger partial charge in [0.25, 0.3) is 5.91 Å². The number of carbonyl (C=O) groups is 1. The van der Waals surface area contributed by atoms with Crippen LogP contribution in [0.4, 0.5) is 0 Å². The van der Waals surface area contributed by atoms with Gasteiger partial charge in [-0.25, -0.2) is 0 Å². The molecular formula is C13H15BrN2O2S. The van der Waals surface area contributed by atoms with Crippen molar-refractivity contribution in [3.8, 4) is 5.75 Å². The van der Waals surface area contributed by atoms with Crippen molar-refractivity contribution in [2.45, 2.75) is 12.8 Å². The molecule has 1 atom stereocenters. The van der Waals surface area contributed by atoms with Gasteiger partial charge in [0.15, 0.2) is 0 Å². The van der Waals surface area contributed by atoms with E-state index in [0.717, 1.165) is 17.3 Å². The van der Waals surface area contributed by atoms with E-state index in [4.69, 9.17) is 18.0 Å². The van der Waals surface area contributed by atoms with Crippen molar-refractivity contribution in [3.05, 3.63) is 28.2 Å². The van der Waals surface area contributed by atoms with Gasteiger partial charge in [-0.05, 0) is 31.0 Å². The molecule has 102 valence electrons. The van der Waals surface area contributed by atoms with Crippen LogP contribution in [0.5, 0.6) is 5.75 Å². The van der Waals surface area contributed by atoms with Gasteiger partial charge < -0.3 is 15.7 Å². The molecule has 0 bridgehead atoms. The van der Waals surface area contributed by atoms with Crippen LogP contribution in [-0.4, -0.2) is 34.0 Å². The molecule has 1 aromatic carbocycles. The average molecular weight is 343 g/mol. The molecule has 1 saturated heterocycles. The summed E-state index contributed by atoms with van der Waals surface area (Å²) in [6.45, 7) is 1.21. The van der Waals surface area contributed by atoms with Crippen LogP contribution in [0.15, 0.2) is 22.7 Å². The summed E-state index contributed by atoms with van der Waals surface area (Å²) in [6, 6.07) is 4.87. The first-order valence-corrected chi connectivity index (χ1v) is 7.26. The molecule has 0 aliphatic carbocycles. The third-order valence-corrected chi connectivity index (χ3v) is 4.13. The highest BCUT2D eigenvalue weighted by atomic mass is 79.9. The summed E-state index contributed by atoms with van der Waals surface area (Å²) < 4.78 is 0.737. The summed E-state index contributed by atoms with van der Waals surface area (Å²) in [5.41, 5.74) is 5.97. The van der Waals surface area contributed by atoms with E-state index in [0.29, 0.717) is 23.6 Å². The number of hydrogen-bond acceptors (Lipinski definition) is 3. The number of thiocarbonyl (C=S) groups is 1. The van der Waals surface area contributed by atoms with Gasteiger partial charge in [-0.15, -0.1) is 0 Å². The lowest BCUT2D eigenvalue weighted by Gasteiger charge is -2.32. The zero-order chi connectivity index (χ0) is 14.0. The second kappa shape index (κ2) is 5.88. The van der Waals surface area contributed by atoms with Crippen LogP contribution >= 0.6 is 28.1 Å². The number of nitrogens with zero attached hydrogens (tertiary/aromatic N) is 1. The molecule has 3 N–H and O–H groups in total. The molecule has 1 aromatic rings. The molecule has 1 aliphatic rings. The molecule has 1 aliphatic heterocycles. The Labute approximate surface area is 125 Å². The largest absolute Gasteiger partial charge is 0.507 e. The Balaban J connectivity index is 2.17. The van der Waals surface area contributed by atoms with Gasteiger partial charge in [0.1, 0.15) is 5.75 Å². The zero-order valence-corrected chi connectivity index (χ0v) is 12.7. The first-order chi connectivity index (χ1) is 8.99. The number of phenols is 1. The minimum atomic E-state index is -0.175. The molecule has 0 spiro atoms. The highest BCUT2D eigenvalue weighted by molar-refractivity contribution is 9.10. The second-order valence-electron chi connectivity index (χ2n) is 4.65. The maximum absolute atomic E-state index is 12.4. The van der Waals surface area contributed by atoms with E-state index < -0.39 is 0 Å². The van der Waals surface area contributed by atoms with Crippen LogP contribution in [0.2, 0.25) is 0 Å². The maximum Gasteiger partial charge on any atom is 0.257 e. The number of hydrogen-bond donors (Lipinski definition) is 2. The molecule has 4 nitrogen and oxygen atoms in total. The van der Waals surface area contributed by atoms with E-state index >= 15 is 0 Å². The number of halogens is 1. The summed E-state index contributed by atoms with van der Waals surface area (Å²) in [7, 11) is 0. The van der Waals surface area contributed by atoms with Crippen molar-refractivity contribution in [3.63, 3.8) is 0 Å². The highest BCUT2D eigenvalue weighted by Gasteiger charge is 2.27. The van der Waals surface area contributed by atoms with Crippen molar-refractivity contribution in [1.82, 2.24) is 4.90 Å². The highest BCUT2D eigenvalue weighted by Crippen LogP contribution is 2.25. The second-order valence-corrected chi connectivity index (χ2v) is 6.04. The van der Waals surface area contributed by atoms with Crippen LogP contribution in [0.1, 0.15) is 23.2 Å². The van der Waals surface area contributed by atoms with Gasteiger partial charge in [-0.1, -0.05) is 28.1 Å². The van der Waals surface area contributed by atoms with E-state index in [1.165, 1.54) is 6.07 Å². The number of aromatic hydroxyl groups is 1. The summed E-state index contributed by atoms with van der Waals surface area (Å²) in [6.07, 6.45) is 1.80. The van der Waals surface area contributed by atoms with Crippen molar-refractivity contribution in [2.75, 3.05) is 13.1 Å². The molecule has 6 heteroatoms. The Hall–Kier alpha value is -1.14. The Morgan fingerprint density at radius 1 is 1.53 bits per heavy atom. The normalized spacial score (nSPS) is 19.2. The van der Waals surface area contributed by atoms with Crippen LogP contribution < -0.4 is 5.73 Å². The predicted octanol–water partition coefficient (Wildman–Crippen LogP) is 2.29. The van der Waals surface area contributed by atoms with Crippen LogP contribution in [0.3, 0.4) is 0 Å². The Morgan fingerprint density at radius 2 is 2.26 bits per heavy atom. The van der Waals surface area contributed by atoms with Gasteiger partial charge in [0.2, 0.25) is 0 Å². The Morgan fingerprint density at radius 3 is 2.89 bits per heavy atom. The number of likely N-dealkylation sites (tertiary alicyclic amines) is 1. The van der Waals surface area contributed by atoms with Gasteiger partial charge in [-0.3, -0.25) is 4.79 Å². The molecule has 0 radical (unpaired) electrons. The monoisotopic (exact) mass is 342 g/mol. The standard InChI is InChI=1S/C13H15BrN2O2S/c14-9-3-4-10(11(17)6-9)13(18)16-5-1-2-8(7-16)12(15)19/h3-4,6,8,17H,1-2,5,7H2,(H2,15,19). The van der Waals surface area contributed by atoms with Crippen LogP contribution in [-0.2, 0) is 0 Å². The third-order valence-electron chi connectivity index (χ3n) is 3.30. The molecule has 19 heavy (non-hydrogen) atoms. The number of benzene rings is 1. The number of nitrogens with two attached hydrogens (primary N) is 1. The van der Waals surface area contributed by atoms with Crippen LogP contribution in [0, 0.1) is 5.92 Å². The quantitative estimate of drug-likeness (QED) is 0.809. The molecule has 1 fully saturated rings. The zero-order valence-electron chi connectivity index (χ0n) is 10.3. The van der Waals surface area contributed by atoms with Gasteiger partial charge in [-0.2, -0.15) is 0 Å². The van der Waals surface area contributed by atoms with Gasteiger partial charge >= 0.3 is 0 Å². The van der Waals surface area contributed by atoms with E-state index in [-0.39, 0.29) is 17.6 Å². The fourth-order valence-corrected chi connectivity index (χ4v) is 2.79. The number of phenolic OH excluding ortho intramolecular Hbond substituents is 1. The first-order valence-electron chi connectivity index (χ1n) is 6.06. The summed E-state index contributed by atoms with van der Waals surface area (Å²) in [5, 5.41) is 9.84. The van der Waals surface area contributed by atoms with E-state index in [1.54, 1.807) is 17.0 Å². The molecule has 1 unspecified atom stereocenters. The molecule has 1 heterocycles. The Kier molecular flexibility index (Phi) is 4.42. The lowest BCUT2D eigenvalue weighted by molar-refractivity contribution is 0.0700. The van der Waals surface area contributed by atoms with Crippen LogP contribution in [0.25, 0.3) is 0 Å². The van der Waals surface area contributed by atoms with E-state index in [9.17, 15) is 9.90 Å². The number of amides is 1. The number of piperidine rings is 1. The fraction of sp³-hybridized carbons (Fsp3) is 0.385. The third kappa shape index (κ3) is 3.25. The molecule has 0 aromatic heterocycles. The SMILES string of the molecule is NC(=S)C1CCCN(C(=O)c2ccc(Br)cc2O)C1. The van der Waals surface area contributed by atoms with Crippen molar-refractivity contribution < 1.29 is 9.90 Å². The minimum absolute atomic E-state index is 0.0168. The van der Waals surface area contributed by atoms with Crippen molar-refractivity contribution in [1.29, 1.82) is 0 Å². The van der Waals surface area contributed by atoms with Crippen molar-refractivity contribution >= 4 is 39.0 Å². The summed E-state index contributed by atoms with van der Waals surface area (Å²) in [5.74, 6) is -0.118. The lowest BCUT2D eigenvalue weighted by atomic mass is 9.97. The van der Waals surface area contributed by atoms with E-state index in [2.05, 4.69) is 15.9 Å². The van der Waals surface area contributed by atoms with Gasteiger partial charge in [0, 0.05) is 23.5 Å². The predicted molar refractivity (Wildman–Crippen MR) is 81.2 cm³/mol. The molecule has 2 rings (SSSR count). The maximum atomic E-state index is 12.4. The summed E-state index contributed by atoms with van der Waals surface area (Å²) in [4.78, 5) is 14.5. The topological polar surface area (TPSA) is 66.6 Å². The molecule has 0 saturated carbocycles. The molecular weight excluding hydrogens is 328 g/mol. The lowest BCUT2D eigenvalue weighted by Crippen LogP contribution is -2.43. The number of carbonyl (C=O) groups excluding carboxylic acids is 1. The van der Waals surface area contributed by atoms with E-state index in [1.807, 2.05) is 0 Å². The summed E-state index contributed by atoms with van der Waals surface area (Å²) >= 11 is 8.25. The average Bonchev–Trinajstić information content (AvgIpc) is 2.38. The number of rotatable bonds is 2. The smallest absolute Gasteiger partial charge is 0.257 e. The fourth-order valence-electron chi connectivity index (χ4n) is 2.25. The minimum Gasteiger partial charge on any atom is -0.507 e. The van der Waals surface area contributed by atoms with Crippen molar-refractivity contribution in [2.24, 2.45) is 11.7 Å². The Bertz CT molecular complexity index is 521.